The first-order valence-corrected chi connectivity index (χ1v) is 11.1. The summed E-state index contributed by atoms with van der Waals surface area (Å²) in [6.07, 6.45) is 5.04. The first-order valence-electron chi connectivity index (χ1n) is 9.63. The third-order valence-corrected chi connectivity index (χ3v) is 6.83. The third kappa shape index (κ3) is 5.17. The Balaban J connectivity index is 0.00000280. The van der Waals surface area contributed by atoms with Crippen molar-refractivity contribution < 1.29 is 22.7 Å². The van der Waals surface area contributed by atoms with Gasteiger partial charge in [0.2, 0.25) is 10.0 Å². The van der Waals surface area contributed by atoms with Gasteiger partial charge in [-0.25, -0.2) is 17.9 Å². The zero-order valence-corrected chi connectivity index (χ0v) is 17.7. The maximum Gasteiger partial charge on any atom is 0.347 e. The summed E-state index contributed by atoms with van der Waals surface area (Å²) in [5.41, 5.74) is 6.55. The minimum Gasteiger partial charge on any atom is -0.478 e. The predicted molar refractivity (Wildman–Crippen MR) is 108 cm³/mol. The van der Waals surface area contributed by atoms with Crippen LogP contribution in [0.1, 0.15) is 44.6 Å². The number of sulfonamides is 1. The number of hydrogen-bond donors (Lipinski definition) is 2. The smallest absolute Gasteiger partial charge is 0.347 e. The summed E-state index contributed by atoms with van der Waals surface area (Å²) in [6, 6.07) is 4.42. The number of ether oxygens (including phenoxy) is 2. The average molecular weight is 433 g/mol. The number of halogens is 1. The van der Waals surface area contributed by atoms with Gasteiger partial charge in [0.15, 0.2) is 6.10 Å². The lowest BCUT2D eigenvalue weighted by molar-refractivity contribution is -0.150. The van der Waals surface area contributed by atoms with Crippen molar-refractivity contribution in [3.8, 4) is 5.75 Å². The van der Waals surface area contributed by atoms with Crippen molar-refractivity contribution >= 4 is 28.4 Å². The van der Waals surface area contributed by atoms with E-state index >= 15 is 0 Å². The van der Waals surface area contributed by atoms with Gasteiger partial charge >= 0.3 is 5.97 Å². The maximum absolute atomic E-state index is 12.9. The largest absolute Gasteiger partial charge is 0.478 e. The van der Waals surface area contributed by atoms with Crippen molar-refractivity contribution in [2.45, 2.75) is 62.5 Å². The molecular weight excluding hydrogens is 404 g/mol. The van der Waals surface area contributed by atoms with Crippen LogP contribution in [0.25, 0.3) is 0 Å². The van der Waals surface area contributed by atoms with Crippen LogP contribution in [0.3, 0.4) is 0 Å². The SMILES string of the molecule is CCOC(=O)C1Cc2cc(S(=O)(=O)NC(CN)C3CCCCC3)ccc2O1.Cl. The second-order valence-corrected chi connectivity index (χ2v) is 8.91. The summed E-state index contributed by atoms with van der Waals surface area (Å²) in [7, 11) is -3.69. The van der Waals surface area contributed by atoms with Crippen LogP contribution in [0.5, 0.6) is 5.75 Å². The van der Waals surface area contributed by atoms with Gasteiger partial charge in [0.1, 0.15) is 5.75 Å². The molecule has 1 aliphatic carbocycles. The molecule has 28 heavy (non-hydrogen) atoms. The van der Waals surface area contributed by atoms with Gasteiger partial charge in [0.25, 0.3) is 0 Å². The molecule has 2 aliphatic rings. The second kappa shape index (κ2) is 9.91. The number of rotatable bonds is 7. The monoisotopic (exact) mass is 432 g/mol. The molecule has 2 atom stereocenters. The number of nitrogens with one attached hydrogen (secondary N) is 1. The molecule has 0 bridgehead atoms. The number of benzene rings is 1. The van der Waals surface area contributed by atoms with Crippen LogP contribution in [0.4, 0.5) is 0 Å². The Bertz CT molecular complexity index is 781. The highest BCUT2D eigenvalue weighted by Crippen LogP contribution is 2.32. The Labute approximate surface area is 172 Å². The Morgan fingerprint density at radius 3 is 2.68 bits per heavy atom. The summed E-state index contributed by atoms with van der Waals surface area (Å²) in [5.74, 6) is 0.371. The fourth-order valence-electron chi connectivity index (χ4n) is 3.90. The number of carbonyl (C=O) groups excluding carboxylic acids is 1. The summed E-state index contributed by atoms with van der Waals surface area (Å²) in [4.78, 5) is 12.0. The first kappa shape index (κ1) is 22.9. The van der Waals surface area contributed by atoms with Crippen molar-refractivity contribution in [2.24, 2.45) is 11.7 Å². The zero-order valence-electron chi connectivity index (χ0n) is 16.1. The fraction of sp³-hybridized carbons (Fsp3) is 0.632. The van der Waals surface area contributed by atoms with Crippen LogP contribution < -0.4 is 15.2 Å². The molecule has 1 fully saturated rings. The first-order chi connectivity index (χ1) is 12.9. The minimum absolute atomic E-state index is 0. The van der Waals surface area contributed by atoms with Gasteiger partial charge in [0.05, 0.1) is 11.5 Å². The predicted octanol–water partition coefficient (Wildman–Crippen LogP) is 2.16. The number of esters is 1. The highest BCUT2D eigenvalue weighted by Gasteiger charge is 2.32. The van der Waals surface area contributed by atoms with Crippen LogP contribution in [0, 0.1) is 5.92 Å². The molecule has 1 aromatic carbocycles. The number of nitrogens with two attached hydrogens (primary N) is 1. The Morgan fingerprint density at radius 1 is 1.32 bits per heavy atom. The molecule has 1 heterocycles. The third-order valence-electron chi connectivity index (χ3n) is 5.35. The average Bonchev–Trinajstić information content (AvgIpc) is 3.10. The molecule has 2 unspecified atom stereocenters. The number of carbonyl (C=O) groups is 1. The lowest BCUT2D eigenvalue weighted by Gasteiger charge is -2.29. The van der Waals surface area contributed by atoms with E-state index in [2.05, 4.69) is 4.72 Å². The van der Waals surface area contributed by atoms with E-state index in [0.717, 1.165) is 25.7 Å². The van der Waals surface area contributed by atoms with Gasteiger partial charge in [-0.2, -0.15) is 0 Å². The quantitative estimate of drug-likeness (QED) is 0.639. The normalized spacial score (nSPS) is 20.6. The van der Waals surface area contributed by atoms with E-state index in [1.54, 1.807) is 19.1 Å². The number of hydrogen-bond acceptors (Lipinski definition) is 6. The topological polar surface area (TPSA) is 108 Å². The molecule has 0 spiro atoms. The van der Waals surface area contributed by atoms with Gasteiger partial charge < -0.3 is 15.2 Å². The van der Waals surface area contributed by atoms with Crippen LogP contribution >= 0.6 is 12.4 Å². The highest BCUT2D eigenvalue weighted by molar-refractivity contribution is 7.89. The zero-order chi connectivity index (χ0) is 19.4. The molecule has 7 nitrogen and oxygen atoms in total. The van der Waals surface area contributed by atoms with E-state index in [9.17, 15) is 13.2 Å². The van der Waals surface area contributed by atoms with Gasteiger partial charge in [0, 0.05) is 19.0 Å². The van der Waals surface area contributed by atoms with E-state index in [1.807, 2.05) is 0 Å². The maximum atomic E-state index is 12.9. The molecule has 1 saturated carbocycles. The number of fused-ring (bicyclic) bond motifs is 1. The molecule has 1 aliphatic heterocycles. The molecule has 9 heteroatoms. The molecule has 0 aromatic heterocycles. The van der Waals surface area contributed by atoms with Crippen molar-refractivity contribution in [1.82, 2.24) is 4.72 Å². The summed E-state index contributed by atoms with van der Waals surface area (Å²) >= 11 is 0. The van der Waals surface area contributed by atoms with E-state index in [0.29, 0.717) is 17.7 Å². The minimum atomic E-state index is -3.69. The summed E-state index contributed by atoms with van der Waals surface area (Å²) in [5, 5.41) is 0. The Hall–Kier alpha value is -1.35. The van der Waals surface area contributed by atoms with Gasteiger partial charge in [-0.1, -0.05) is 19.3 Å². The fourth-order valence-corrected chi connectivity index (χ4v) is 5.27. The van der Waals surface area contributed by atoms with Crippen molar-refractivity contribution in [1.29, 1.82) is 0 Å². The van der Waals surface area contributed by atoms with Crippen LogP contribution in [-0.4, -0.2) is 39.7 Å². The van der Waals surface area contributed by atoms with Crippen molar-refractivity contribution in [3.63, 3.8) is 0 Å². The van der Waals surface area contributed by atoms with Gasteiger partial charge in [-0.15, -0.1) is 12.4 Å². The second-order valence-electron chi connectivity index (χ2n) is 7.19. The van der Waals surface area contributed by atoms with E-state index in [1.165, 1.54) is 12.5 Å². The lowest BCUT2D eigenvalue weighted by atomic mass is 9.84. The molecule has 0 saturated heterocycles. The van der Waals surface area contributed by atoms with Crippen molar-refractivity contribution in [3.05, 3.63) is 23.8 Å². The van der Waals surface area contributed by atoms with E-state index in [4.69, 9.17) is 15.2 Å². The Morgan fingerprint density at radius 2 is 2.04 bits per heavy atom. The van der Waals surface area contributed by atoms with Crippen LogP contribution in [0.2, 0.25) is 0 Å². The summed E-state index contributed by atoms with van der Waals surface area (Å²) in [6.45, 7) is 2.29. The molecule has 3 rings (SSSR count). The molecule has 0 radical (unpaired) electrons. The Kier molecular flexibility index (Phi) is 8.12. The van der Waals surface area contributed by atoms with Gasteiger partial charge in [-0.05, 0) is 49.4 Å². The molecular formula is C19H29ClN2O5S. The molecule has 158 valence electrons. The van der Waals surface area contributed by atoms with E-state index in [-0.39, 0.29) is 42.4 Å². The molecule has 0 amide bonds. The van der Waals surface area contributed by atoms with Crippen molar-refractivity contribution in [2.75, 3.05) is 13.2 Å². The highest BCUT2D eigenvalue weighted by atomic mass is 35.5. The molecule has 1 aromatic rings. The van der Waals surface area contributed by atoms with Crippen LogP contribution in [-0.2, 0) is 26.0 Å². The lowest BCUT2D eigenvalue weighted by Crippen LogP contribution is -2.45. The standard InChI is InChI=1S/C19H28N2O5S.ClH/c1-2-25-19(22)18-11-14-10-15(8-9-17(14)26-18)27(23,24)21-16(12-20)13-6-4-3-5-7-13;/h8-10,13,16,18,21H,2-7,11-12,20H2,1H3;1H. The van der Waals surface area contributed by atoms with E-state index < -0.39 is 22.1 Å². The van der Waals surface area contributed by atoms with Crippen LogP contribution in [0.15, 0.2) is 23.1 Å². The molecule has 3 N–H and O–H groups in total. The summed E-state index contributed by atoms with van der Waals surface area (Å²) < 4.78 is 39.1. The van der Waals surface area contributed by atoms with Gasteiger partial charge in [-0.3, -0.25) is 0 Å².